The normalized spacial score (nSPS) is 19.9. The van der Waals surface area contributed by atoms with Gasteiger partial charge in [0.2, 0.25) is 0 Å². The minimum Gasteiger partial charge on any atom is -0.373 e. The smallest absolute Gasteiger partial charge is 0.0723 e. The second-order valence-electron chi connectivity index (χ2n) is 3.89. The number of allylic oxidation sites excluding steroid dienone is 3. The van der Waals surface area contributed by atoms with Crippen molar-refractivity contribution < 1.29 is 4.74 Å². The van der Waals surface area contributed by atoms with Crippen LogP contribution in [0, 0.1) is 0 Å². The highest BCUT2D eigenvalue weighted by atomic mass is 16.5. The molecule has 0 aliphatic carbocycles. The molecule has 15 heavy (non-hydrogen) atoms. The first-order valence-corrected chi connectivity index (χ1v) is 5.98. The Morgan fingerprint density at radius 3 is 3.00 bits per heavy atom. The number of unbranched alkanes of at least 4 members (excludes halogenated alkanes) is 3. The number of hydrogen-bond donors (Lipinski definition) is 0. The Hall–Kier alpha value is -0.820. The molecule has 0 spiro atoms. The highest BCUT2D eigenvalue weighted by molar-refractivity contribution is 5.41. The Bertz CT molecular complexity index is 259. The third-order valence-corrected chi connectivity index (χ3v) is 2.67. The molecular formula is C14H22O. The van der Waals surface area contributed by atoms with E-state index in [4.69, 9.17) is 4.74 Å². The highest BCUT2D eigenvalue weighted by Gasteiger charge is 2.05. The molecule has 1 aliphatic rings. The van der Waals surface area contributed by atoms with Gasteiger partial charge in [-0.3, -0.25) is 0 Å². The van der Waals surface area contributed by atoms with Gasteiger partial charge in [-0.05, 0) is 30.9 Å². The van der Waals surface area contributed by atoms with E-state index in [1.54, 1.807) is 0 Å². The molecule has 84 valence electrons. The summed E-state index contributed by atoms with van der Waals surface area (Å²) < 4.78 is 5.37. The van der Waals surface area contributed by atoms with Crippen molar-refractivity contribution in [3.63, 3.8) is 0 Å². The molecule has 0 fully saturated rings. The van der Waals surface area contributed by atoms with Crippen molar-refractivity contribution in [2.75, 3.05) is 13.2 Å². The van der Waals surface area contributed by atoms with E-state index in [0.29, 0.717) is 0 Å². The van der Waals surface area contributed by atoms with Gasteiger partial charge in [0.25, 0.3) is 0 Å². The van der Waals surface area contributed by atoms with E-state index in [1.165, 1.54) is 36.8 Å². The zero-order valence-corrected chi connectivity index (χ0v) is 9.96. The van der Waals surface area contributed by atoms with Gasteiger partial charge in [-0.1, -0.05) is 44.1 Å². The molecule has 1 rings (SSSR count). The summed E-state index contributed by atoms with van der Waals surface area (Å²) in [5.41, 5.74) is 2.66. The molecule has 0 atom stereocenters. The number of hydrogen-bond acceptors (Lipinski definition) is 1. The van der Waals surface area contributed by atoms with E-state index in [2.05, 4.69) is 38.2 Å². The van der Waals surface area contributed by atoms with Gasteiger partial charge in [0.1, 0.15) is 0 Å². The van der Waals surface area contributed by atoms with Crippen LogP contribution in [-0.4, -0.2) is 13.2 Å². The lowest BCUT2D eigenvalue weighted by atomic mass is 10.0. The molecule has 0 N–H and O–H groups in total. The second kappa shape index (κ2) is 7.47. The van der Waals surface area contributed by atoms with Gasteiger partial charge in [0.15, 0.2) is 0 Å². The largest absolute Gasteiger partial charge is 0.373 e. The van der Waals surface area contributed by atoms with Gasteiger partial charge in [-0.25, -0.2) is 0 Å². The fourth-order valence-corrected chi connectivity index (χ4v) is 1.68. The zero-order chi connectivity index (χ0) is 10.9. The standard InChI is InChI=1S/C14H22O/c1-3-5-6-7-8-9-14-10-11-15-12-13(14)4-2/h4,8-10H,3,5-7,11-12H2,1-2H3/b9-8+,13-4-. The fourth-order valence-electron chi connectivity index (χ4n) is 1.68. The molecule has 0 radical (unpaired) electrons. The Morgan fingerprint density at radius 1 is 1.40 bits per heavy atom. The average molecular weight is 206 g/mol. The average Bonchev–Trinajstić information content (AvgIpc) is 2.29. The molecular weight excluding hydrogens is 184 g/mol. The van der Waals surface area contributed by atoms with E-state index in [1.807, 2.05) is 0 Å². The van der Waals surface area contributed by atoms with Crippen LogP contribution in [0.5, 0.6) is 0 Å². The second-order valence-corrected chi connectivity index (χ2v) is 3.89. The van der Waals surface area contributed by atoms with Crippen molar-refractivity contribution in [3.05, 3.63) is 35.5 Å². The Balaban J connectivity index is 2.38. The molecule has 0 aromatic rings. The molecule has 1 heterocycles. The summed E-state index contributed by atoms with van der Waals surface area (Å²) in [5.74, 6) is 0. The Morgan fingerprint density at radius 2 is 2.27 bits per heavy atom. The van der Waals surface area contributed by atoms with Crippen LogP contribution in [0.4, 0.5) is 0 Å². The van der Waals surface area contributed by atoms with Gasteiger partial charge < -0.3 is 4.74 Å². The maximum atomic E-state index is 5.37. The Labute approximate surface area is 93.5 Å². The van der Waals surface area contributed by atoms with Gasteiger partial charge >= 0.3 is 0 Å². The quantitative estimate of drug-likeness (QED) is 0.617. The minimum atomic E-state index is 0.756. The zero-order valence-electron chi connectivity index (χ0n) is 9.96. The first kappa shape index (κ1) is 12.3. The number of rotatable bonds is 5. The maximum Gasteiger partial charge on any atom is 0.0723 e. The van der Waals surface area contributed by atoms with Gasteiger partial charge in [-0.15, -0.1) is 0 Å². The molecule has 1 heteroatoms. The SMILES string of the molecule is C/C=C1/COCC=C1/C=C/CCCCC. The topological polar surface area (TPSA) is 9.23 Å². The summed E-state index contributed by atoms with van der Waals surface area (Å²) in [5, 5.41) is 0. The first-order valence-electron chi connectivity index (χ1n) is 5.98. The summed E-state index contributed by atoms with van der Waals surface area (Å²) in [6.45, 7) is 5.83. The van der Waals surface area contributed by atoms with Crippen LogP contribution in [0.25, 0.3) is 0 Å². The molecule has 1 aliphatic heterocycles. The molecule has 0 amide bonds. The molecule has 0 unspecified atom stereocenters. The van der Waals surface area contributed by atoms with Crippen molar-refractivity contribution in [1.29, 1.82) is 0 Å². The van der Waals surface area contributed by atoms with Crippen molar-refractivity contribution >= 4 is 0 Å². The molecule has 0 saturated heterocycles. The maximum absolute atomic E-state index is 5.37. The highest BCUT2D eigenvalue weighted by Crippen LogP contribution is 2.16. The first-order chi connectivity index (χ1) is 7.38. The lowest BCUT2D eigenvalue weighted by molar-refractivity contribution is 0.181. The summed E-state index contributed by atoms with van der Waals surface area (Å²) in [6.07, 6.45) is 14.0. The predicted octanol–water partition coefficient (Wildman–Crippen LogP) is 4.03. The lowest BCUT2D eigenvalue weighted by Gasteiger charge is -2.14. The van der Waals surface area contributed by atoms with E-state index in [9.17, 15) is 0 Å². The summed E-state index contributed by atoms with van der Waals surface area (Å²) in [7, 11) is 0. The van der Waals surface area contributed by atoms with Crippen LogP contribution < -0.4 is 0 Å². The van der Waals surface area contributed by atoms with Crippen LogP contribution >= 0.6 is 0 Å². The van der Waals surface area contributed by atoms with E-state index in [-0.39, 0.29) is 0 Å². The molecule has 0 saturated carbocycles. The van der Waals surface area contributed by atoms with Gasteiger partial charge in [-0.2, -0.15) is 0 Å². The molecule has 0 aromatic heterocycles. The molecule has 0 aromatic carbocycles. The van der Waals surface area contributed by atoms with E-state index >= 15 is 0 Å². The third-order valence-electron chi connectivity index (χ3n) is 2.67. The summed E-state index contributed by atoms with van der Waals surface area (Å²) in [6, 6.07) is 0. The predicted molar refractivity (Wildman–Crippen MR) is 65.9 cm³/mol. The molecule has 0 bridgehead atoms. The van der Waals surface area contributed by atoms with Crippen molar-refractivity contribution in [3.8, 4) is 0 Å². The van der Waals surface area contributed by atoms with Gasteiger partial charge in [0.05, 0.1) is 13.2 Å². The van der Waals surface area contributed by atoms with Crippen molar-refractivity contribution in [1.82, 2.24) is 0 Å². The third kappa shape index (κ3) is 4.48. The van der Waals surface area contributed by atoms with E-state index in [0.717, 1.165) is 13.2 Å². The summed E-state index contributed by atoms with van der Waals surface area (Å²) >= 11 is 0. The van der Waals surface area contributed by atoms with Crippen LogP contribution in [0.1, 0.15) is 39.5 Å². The van der Waals surface area contributed by atoms with E-state index < -0.39 is 0 Å². The van der Waals surface area contributed by atoms with Crippen LogP contribution in [0.3, 0.4) is 0 Å². The minimum absolute atomic E-state index is 0.756. The van der Waals surface area contributed by atoms with Gasteiger partial charge in [0, 0.05) is 0 Å². The van der Waals surface area contributed by atoms with Crippen LogP contribution in [0.2, 0.25) is 0 Å². The Kier molecular flexibility index (Phi) is 6.10. The fraction of sp³-hybridized carbons (Fsp3) is 0.571. The summed E-state index contributed by atoms with van der Waals surface area (Å²) in [4.78, 5) is 0. The van der Waals surface area contributed by atoms with Crippen LogP contribution in [-0.2, 0) is 4.74 Å². The molecule has 1 nitrogen and oxygen atoms in total. The lowest BCUT2D eigenvalue weighted by Crippen LogP contribution is -2.06. The van der Waals surface area contributed by atoms with Crippen LogP contribution in [0.15, 0.2) is 35.5 Å². The van der Waals surface area contributed by atoms with Crippen molar-refractivity contribution in [2.24, 2.45) is 0 Å². The van der Waals surface area contributed by atoms with Crippen molar-refractivity contribution in [2.45, 2.75) is 39.5 Å². The number of ether oxygens (including phenoxy) is 1. The monoisotopic (exact) mass is 206 g/mol.